The topological polar surface area (TPSA) is 38.3 Å². The first-order chi connectivity index (χ1) is 11.7. The van der Waals surface area contributed by atoms with Crippen molar-refractivity contribution in [3.05, 3.63) is 29.3 Å². The van der Waals surface area contributed by atoms with Gasteiger partial charge in [0.15, 0.2) is 6.10 Å². The molecule has 1 aromatic carbocycles. The van der Waals surface area contributed by atoms with Gasteiger partial charge in [0.2, 0.25) is 0 Å². The Balaban J connectivity index is 1.39. The second-order valence-corrected chi connectivity index (χ2v) is 7.94. The summed E-state index contributed by atoms with van der Waals surface area (Å²) in [5.74, 6) is 2.49. The Labute approximate surface area is 145 Å². The fourth-order valence-electron chi connectivity index (χ4n) is 4.97. The van der Waals surface area contributed by atoms with Crippen molar-refractivity contribution in [1.82, 2.24) is 5.32 Å². The monoisotopic (exact) mass is 327 g/mol. The van der Waals surface area contributed by atoms with Gasteiger partial charge in [-0.2, -0.15) is 0 Å². The summed E-state index contributed by atoms with van der Waals surface area (Å²) in [4.78, 5) is 12.7. The molecule has 3 nitrogen and oxygen atoms in total. The van der Waals surface area contributed by atoms with Crippen molar-refractivity contribution in [3.63, 3.8) is 0 Å². The summed E-state index contributed by atoms with van der Waals surface area (Å²) >= 11 is 0. The van der Waals surface area contributed by atoms with Gasteiger partial charge in [0, 0.05) is 6.04 Å². The molecular formula is C21H29NO2. The number of amides is 1. The fraction of sp³-hybridized carbons (Fsp3) is 0.667. The molecular weight excluding hydrogens is 298 g/mol. The van der Waals surface area contributed by atoms with E-state index in [2.05, 4.69) is 17.4 Å². The lowest BCUT2D eigenvalue weighted by atomic mass is 9.92. The average Bonchev–Trinajstić information content (AvgIpc) is 3.22. The van der Waals surface area contributed by atoms with Crippen molar-refractivity contribution in [2.45, 2.75) is 76.9 Å². The molecule has 2 fully saturated rings. The smallest absolute Gasteiger partial charge is 0.261 e. The molecule has 130 valence electrons. The van der Waals surface area contributed by atoms with Gasteiger partial charge in [-0.15, -0.1) is 0 Å². The molecule has 0 saturated heterocycles. The van der Waals surface area contributed by atoms with Crippen molar-refractivity contribution < 1.29 is 9.53 Å². The normalized spacial score (nSPS) is 29.1. The third kappa shape index (κ3) is 3.18. The van der Waals surface area contributed by atoms with Crippen LogP contribution in [-0.2, 0) is 17.6 Å². The Morgan fingerprint density at radius 3 is 2.75 bits per heavy atom. The van der Waals surface area contributed by atoms with Gasteiger partial charge in [0.25, 0.3) is 5.91 Å². The highest BCUT2D eigenvalue weighted by molar-refractivity contribution is 5.81. The Bertz CT molecular complexity index is 612. The summed E-state index contributed by atoms with van der Waals surface area (Å²) < 4.78 is 6.07. The molecule has 1 aromatic rings. The van der Waals surface area contributed by atoms with E-state index in [0.29, 0.717) is 18.4 Å². The van der Waals surface area contributed by atoms with Gasteiger partial charge >= 0.3 is 0 Å². The summed E-state index contributed by atoms with van der Waals surface area (Å²) in [6.45, 7) is 2.03. The van der Waals surface area contributed by atoms with Gasteiger partial charge in [-0.1, -0.05) is 19.4 Å². The average molecular weight is 327 g/mol. The molecule has 0 radical (unpaired) electrons. The first-order valence-electron chi connectivity index (χ1n) is 9.81. The van der Waals surface area contributed by atoms with Crippen LogP contribution in [0.3, 0.4) is 0 Å². The van der Waals surface area contributed by atoms with Crippen molar-refractivity contribution >= 4 is 5.91 Å². The number of aryl methyl sites for hydroxylation is 2. The minimum atomic E-state index is -0.370. The molecule has 1 amide bonds. The Kier molecular flexibility index (Phi) is 4.51. The number of rotatable bonds is 5. The van der Waals surface area contributed by atoms with Crippen LogP contribution in [-0.4, -0.2) is 18.1 Å². The van der Waals surface area contributed by atoms with E-state index in [-0.39, 0.29) is 12.0 Å². The van der Waals surface area contributed by atoms with Crippen LogP contribution in [0.2, 0.25) is 0 Å². The number of carbonyl (C=O) groups excluding carboxylic acids is 1. The number of benzene rings is 1. The summed E-state index contributed by atoms with van der Waals surface area (Å²) in [7, 11) is 0. The number of carbonyl (C=O) groups is 1. The molecule has 1 N–H and O–H groups in total. The molecule has 4 atom stereocenters. The lowest BCUT2D eigenvalue weighted by Crippen LogP contribution is -2.45. The van der Waals surface area contributed by atoms with E-state index in [9.17, 15) is 4.79 Å². The fourth-order valence-corrected chi connectivity index (χ4v) is 4.97. The molecule has 0 spiro atoms. The highest BCUT2D eigenvalue weighted by atomic mass is 16.5. The summed E-state index contributed by atoms with van der Waals surface area (Å²) in [5, 5.41) is 3.28. The molecule has 2 saturated carbocycles. The Hall–Kier alpha value is -1.51. The molecule has 0 heterocycles. The van der Waals surface area contributed by atoms with Crippen LogP contribution in [0.1, 0.15) is 63.0 Å². The van der Waals surface area contributed by atoms with E-state index in [4.69, 9.17) is 4.74 Å². The molecule has 3 aliphatic carbocycles. The quantitative estimate of drug-likeness (QED) is 0.887. The maximum atomic E-state index is 12.7. The van der Waals surface area contributed by atoms with Crippen molar-refractivity contribution in [3.8, 4) is 5.75 Å². The SMILES string of the molecule is CCC(Oc1ccc2c(c1)CCCC2)C(=O)NC1CC2CCC1C2. The highest BCUT2D eigenvalue weighted by Crippen LogP contribution is 2.44. The first-order valence-corrected chi connectivity index (χ1v) is 9.81. The highest BCUT2D eigenvalue weighted by Gasteiger charge is 2.40. The van der Waals surface area contributed by atoms with Crippen LogP contribution >= 0.6 is 0 Å². The number of ether oxygens (including phenoxy) is 1. The van der Waals surface area contributed by atoms with Gasteiger partial charge < -0.3 is 10.1 Å². The third-order valence-electron chi connectivity index (χ3n) is 6.33. The second-order valence-electron chi connectivity index (χ2n) is 7.94. The van der Waals surface area contributed by atoms with Crippen LogP contribution in [0.4, 0.5) is 0 Å². The standard InChI is InChI=1S/C21H29NO2/c1-2-20(21(23)22-19-12-14-7-8-17(19)11-14)24-18-10-9-15-5-3-4-6-16(15)13-18/h9-10,13-14,17,19-20H,2-8,11-12H2,1H3,(H,22,23). The zero-order valence-corrected chi connectivity index (χ0v) is 14.7. The van der Waals surface area contributed by atoms with Crippen LogP contribution in [0.5, 0.6) is 5.75 Å². The number of hydrogen-bond donors (Lipinski definition) is 1. The summed E-state index contributed by atoms with van der Waals surface area (Å²) in [5.41, 5.74) is 2.86. The van der Waals surface area contributed by atoms with E-state index in [1.165, 1.54) is 56.1 Å². The van der Waals surface area contributed by atoms with Gasteiger partial charge in [0.05, 0.1) is 0 Å². The maximum Gasteiger partial charge on any atom is 0.261 e. The van der Waals surface area contributed by atoms with Gasteiger partial charge in [-0.3, -0.25) is 4.79 Å². The molecule has 3 heteroatoms. The summed E-state index contributed by atoms with van der Waals surface area (Å²) in [6, 6.07) is 6.77. The molecule has 4 unspecified atom stereocenters. The molecule has 0 aliphatic heterocycles. The van der Waals surface area contributed by atoms with E-state index >= 15 is 0 Å². The predicted molar refractivity (Wildman–Crippen MR) is 95.2 cm³/mol. The number of hydrogen-bond acceptors (Lipinski definition) is 2. The van der Waals surface area contributed by atoms with Crippen LogP contribution < -0.4 is 10.1 Å². The zero-order valence-electron chi connectivity index (χ0n) is 14.7. The third-order valence-corrected chi connectivity index (χ3v) is 6.33. The van der Waals surface area contributed by atoms with E-state index in [0.717, 1.165) is 18.1 Å². The van der Waals surface area contributed by atoms with Crippen molar-refractivity contribution in [2.24, 2.45) is 11.8 Å². The van der Waals surface area contributed by atoms with Crippen LogP contribution in [0, 0.1) is 11.8 Å². The zero-order chi connectivity index (χ0) is 16.5. The molecule has 0 aromatic heterocycles. The predicted octanol–water partition coefficient (Wildman–Crippen LogP) is 4.03. The number of nitrogens with one attached hydrogen (secondary N) is 1. The van der Waals surface area contributed by atoms with Crippen molar-refractivity contribution in [2.75, 3.05) is 0 Å². The molecule has 3 aliphatic rings. The van der Waals surface area contributed by atoms with Crippen molar-refractivity contribution in [1.29, 1.82) is 0 Å². The maximum absolute atomic E-state index is 12.7. The Morgan fingerprint density at radius 1 is 1.21 bits per heavy atom. The Morgan fingerprint density at radius 2 is 2.04 bits per heavy atom. The summed E-state index contributed by atoms with van der Waals surface area (Å²) in [6.07, 6.45) is 10.3. The van der Waals surface area contributed by atoms with Crippen LogP contribution in [0.15, 0.2) is 18.2 Å². The minimum absolute atomic E-state index is 0.0766. The van der Waals surface area contributed by atoms with Crippen LogP contribution in [0.25, 0.3) is 0 Å². The first kappa shape index (κ1) is 16.0. The van der Waals surface area contributed by atoms with E-state index < -0.39 is 0 Å². The van der Waals surface area contributed by atoms with Gasteiger partial charge in [-0.05, 0) is 86.5 Å². The largest absolute Gasteiger partial charge is 0.481 e. The van der Waals surface area contributed by atoms with E-state index in [1.54, 1.807) is 0 Å². The molecule has 24 heavy (non-hydrogen) atoms. The number of fused-ring (bicyclic) bond motifs is 3. The van der Waals surface area contributed by atoms with Gasteiger partial charge in [-0.25, -0.2) is 0 Å². The lowest BCUT2D eigenvalue weighted by molar-refractivity contribution is -0.129. The molecule has 4 rings (SSSR count). The van der Waals surface area contributed by atoms with Gasteiger partial charge in [0.1, 0.15) is 5.75 Å². The second kappa shape index (κ2) is 6.78. The minimum Gasteiger partial charge on any atom is -0.481 e. The lowest BCUT2D eigenvalue weighted by Gasteiger charge is -2.26. The van der Waals surface area contributed by atoms with E-state index in [1.807, 2.05) is 13.0 Å². The molecule has 2 bridgehead atoms.